The number of Topliss-reactive ketones (excluding diaryl/α,β-unsaturated/α-hetero) is 1. The van der Waals surface area contributed by atoms with E-state index in [1.165, 1.54) is 0 Å². The van der Waals surface area contributed by atoms with Gasteiger partial charge in [0.15, 0.2) is 5.78 Å². The Bertz CT molecular complexity index is 119. The molecule has 38 valence electrons. The van der Waals surface area contributed by atoms with Crippen molar-refractivity contribution in [2.45, 2.75) is 12.5 Å². The predicted molar refractivity (Wildman–Crippen MR) is 22.9 cm³/mol. The Labute approximate surface area is 41.5 Å². The molecule has 0 N–H and O–H groups in total. The maximum Gasteiger partial charge on any atom is 0.164 e. The summed E-state index contributed by atoms with van der Waals surface area (Å²) in [6.45, 7) is 0.384. The average Bonchev–Trinajstić information content (AvgIpc) is 2.33. The van der Waals surface area contributed by atoms with Gasteiger partial charge in [-0.3, -0.25) is 4.79 Å². The molecule has 0 radical (unpaired) electrons. The average molecular weight is 98.1 g/mol. The van der Waals surface area contributed by atoms with Crippen LogP contribution in [-0.4, -0.2) is 18.5 Å². The van der Waals surface area contributed by atoms with Gasteiger partial charge in [-0.05, 0) is 6.42 Å². The molecule has 0 aromatic carbocycles. The molecule has 0 aromatic rings. The number of hydrogen-bond donors (Lipinski definition) is 0. The molecule has 0 spiro atoms. The summed E-state index contributed by atoms with van der Waals surface area (Å²) in [6.07, 6.45) is 1.34. The van der Waals surface area contributed by atoms with Gasteiger partial charge in [0.25, 0.3) is 0 Å². The predicted octanol–water partition coefficient (Wildman–Crippen LogP) is -0.0258. The van der Waals surface area contributed by atoms with E-state index in [1.807, 2.05) is 0 Å². The first-order valence-corrected chi connectivity index (χ1v) is 2.52. The molecule has 0 aromatic heterocycles. The number of ether oxygens (including phenoxy) is 1. The smallest absolute Gasteiger partial charge is 0.164 e. The van der Waals surface area contributed by atoms with Crippen molar-refractivity contribution in [2.75, 3.05) is 6.61 Å². The number of rotatable bonds is 0. The Morgan fingerprint density at radius 3 is 2.71 bits per heavy atom. The van der Waals surface area contributed by atoms with Gasteiger partial charge in [0.05, 0.1) is 6.10 Å². The second-order valence-electron chi connectivity index (χ2n) is 2.16. The van der Waals surface area contributed by atoms with Gasteiger partial charge < -0.3 is 4.74 Å². The standard InChI is InChI=1S/C5H6O2/c6-4-2-7-5-1-3(4)5/h3,5H,1-2H2. The third kappa shape index (κ3) is 0.347. The molecular formula is C5H6O2. The van der Waals surface area contributed by atoms with Crippen molar-refractivity contribution in [1.29, 1.82) is 0 Å². The molecule has 2 nitrogen and oxygen atoms in total. The molecule has 2 heteroatoms. The maximum absolute atomic E-state index is 10.5. The van der Waals surface area contributed by atoms with Crippen LogP contribution in [0.3, 0.4) is 0 Å². The highest BCUT2D eigenvalue weighted by atomic mass is 16.5. The summed E-state index contributed by atoms with van der Waals surface area (Å²) in [6, 6.07) is 0. The van der Waals surface area contributed by atoms with E-state index >= 15 is 0 Å². The van der Waals surface area contributed by atoms with Crippen molar-refractivity contribution in [2.24, 2.45) is 5.92 Å². The molecule has 2 rings (SSSR count). The van der Waals surface area contributed by atoms with Crippen LogP contribution in [0.2, 0.25) is 0 Å². The van der Waals surface area contributed by atoms with Crippen LogP contribution in [0.15, 0.2) is 0 Å². The fourth-order valence-electron chi connectivity index (χ4n) is 0.991. The Morgan fingerprint density at radius 1 is 1.71 bits per heavy atom. The summed E-state index contributed by atoms with van der Waals surface area (Å²) in [5, 5.41) is 0. The van der Waals surface area contributed by atoms with Crippen molar-refractivity contribution in [3.63, 3.8) is 0 Å². The fourth-order valence-corrected chi connectivity index (χ4v) is 0.991. The van der Waals surface area contributed by atoms with Crippen molar-refractivity contribution in [3.8, 4) is 0 Å². The molecule has 1 saturated heterocycles. The first kappa shape index (κ1) is 3.61. The van der Waals surface area contributed by atoms with Crippen molar-refractivity contribution in [3.05, 3.63) is 0 Å². The molecule has 2 unspecified atom stereocenters. The first-order chi connectivity index (χ1) is 3.38. The van der Waals surface area contributed by atoms with E-state index in [1.54, 1.807) is 0 Å². The Kier molecular flexibility index (Phi) is 0.460. The number of ketones is 1. The lowest BCUT2D eigenvalue weighted by atomic mass is 10.3. The lowest BCUT2D eigenvalue weighted by Gasteiger charge is -1.85. The van der Waals surface area contributed by atoms with E-state index in [0.29, 0.717) is 24.4 Å². The van der Waals surface area contributed by atoms with Crippen LogP contribution in [0, 0.1) is 5.92 Å². The third-order valence-corrected chi connectivity index (χ3v) is 1.59. The normalized spacial score (nSPS) is 46.6. The van der Waals surface area contributed by atoms with Gasteiger partial charge in [0.1, 0.15) is 6.61 Å². The number of carbonyl (C=O) groups is 1. The zero-order valence-corrected chi connectivity index (χ0v) is 3.89. The highest BCUT2D eigenvalue weighted by Crippen LogP contribution is 2.39. The topological polar surface area (TPSA) is 26.3 Å². The minimum Gasteiger partial charge on any atom is -0.370 e. The molecule has 7 heavy (non-hydrogen) atoms. The van der Waals surface area contributed by atoms with E-state index in [0.717, 1.165) is 6.42 Å². The van der Waals surface area contributed by atoms with Gasteiger partial charge in [-0.2, -0.15) is 0 Å². The number of carbonyl (C=O) groups excluding carboxylic acids is 1. The number of hydrogen-bond acceptors (Lipinski definition) is 2. The molecule has 1 heterocycles. The fraction of sp³-hybridized carbons (Fsp3) is 0.800. The van der Waals surface area contributed by atoms with Crippen LogP contribution in [-0.2, 0) is 9.53 Å². The van der Waals surface area contributed by atoms with Crippen molar-refractivity contribution in [1.82, 2.24) is 0 Å². The molecule has 2 atom stereocenters. The summed E-state index contributed by atoms with van der Waals surface area (Å²) in [5.41, 5.74) is 0. The maximum atomic E-state index is 10.5. The first-order valence-electron chi connectivity index (χ1n) is 2.52. The largest absolute Gasteiger partial charge is 0.370 e. The van der Waals surface area contributed by atoms with E-state index in [9.17, 15) is 4.79 Å². The van der Waals surface area contributed by atoms with Crippen LogP contribution in [0.5, 0.6) is 0 Å². The summed E-state index contributed by atoms with van der Waals surface area (Å²) in [7, 11) is 0. The van der Waals surface area contributed by atoms with Crippen LogP contribution in [0.1, 0.15) is 6.42 Å². The van der Waals surface area contributed by atoms with Gasteiger partial charge in [0, 0.05) is 5.92 Å². The lowest BCUT2D eigenvalue weighted by Crippen LogP contribution is -2.00. The summed E-state index contributed by atoms with van der Waals surface area (Å²) in [4.78, 5) is 10.5. The highest BCUT2D eigenvalue weighted by Gasteiger charge is 2.49. The molecule has 0 bridgehead atoms. The summed E-state index contributed by atoms with van der Waals surface area (Å²) in [5.74, 6) is 0.630. The third-order valence-electron chi connectivity index (χ3n) is 1.59. The molecular weight excluding hydrogens is 92.1 g/mol. The van der Waals surface area contributed by atoms with Crippen LogP contribution < -0.4 is 0 Å². The van der Waals surface area contributed by atoms with E-state index in [-0.39, 0.29) is 0 Å². The molecule has 2 fully saturated rings. The van der Waals surface area contributed by atoms with Crippen LogP contribution in [0.4, 0.5) is 0 Å². The Balaban J connectivity index is 2.21. The van der Waals surface area contributed by atoms with Gasteiger partial charge in [0.2, 0.25) is 0 Å². The van der Waals surface area contributed by atoms with Crippen molar-refractivity contribution < 1.29 is 9.53 Å². The van der Waals surface area contributed by atoms with Gasteiger partial charge >= 0.3 is 0 Å². The second-order valence-corrected chi connectivity index (χ2v) is 2.16. The zero-order chi connectivity index (χ0) is 4.85. The minimum atomic E-state index is 0.310. The minimum absolute atomic E-state index is 0.310. The van der Waals surface area contributed by atoms with Gasteiger partial charge in [-0.1, -0.05) is 0 Å². The Morgan fingerprint density at radius 2 is 2.57 bits per heavy atom. The Hall–Kier alpha value is -0.370. The summed E-state index contributed by atoms with van der Waals surface area (Å²) < 4.78 is 4.99. The summed E-state index contributed by atoms with van der Waals surface area (Å²) >= 11 is 0. The van der Waals surface area contributed by atoms with Crippen molar-refractivity contribution >= 4 is 5.78 Å². The number of fused-ring (bicyclic) bond motifs is 1. The highest BCUT2D eigenvalue weighted by molar-refractivity contribution is 5.87. The van der Waals surface area contributed by atoms with Gasteiger partial charge in [-0.15, -0.1) is 0 Å². The van der Waals surface area contributed by atoms with E-state index in [4.69, 9.17) is 4.74 Å². The second kappa shape index (κ2) is 0.892. The van der Waals surface area contributed by atoms with Crippen LogP contribution in [0.25, 0.3) is 0 Å². The molecule has 0 amide bonds. The SMILES string of the molecule is O=C1COC2CC12. The van der Waals surface area contributed by atoms with Gasteiger partial charge in [-0.25, -0.2) is 0 Å². The van der Waals surface area contributed by atoms with Crippen LogP contribution >= 0.6 is 0 Å². The molecule has 1 aliphatic carbocycles. The monoisotopic (exact) mass is 98.0 g/mol. The molecule has 2 aliphatic rings. The van der Waals surface area contributed by atoms with E-state index in [2.05, 4.69) is 0 Å². The molecule has 1 saturated carbocycles. The zero-order valence-electron chi connectivity index (χ0n) is 3.89. The quantitative estimate of drug-likeness (QED) is 0.425. The van der Waals surface area contributed by atoms with E-state index < -0.39 is 0 Å². The lowest BCUT2D eigenvalue weighted by molar-refractivity contribution is -0.120. The molecule has 1 aliphatic heterocycles.